The molecule has 0 unspecified atom stereocenters. The van der Waals surface area contributed by atoms with Gasteiger partial charge in [-0.2, -0.15) is 0 Å². The van der Waals surface area contributed by atoms with Crippen LogP contribution in [-0.4, -0.2) is 60.1 Å². The Kier molecular flexibility index (Phi) is 5.74. The number of carbonyl (C=O) groups excluding carboxylic acids is 1. The van der Waals surface area contributed by atoms with E-state index in [1.165, 1.54) is 5.56 Å². The number of aryl methyl sites for hydroxylation is 1. The summed E-state index contributed by atoms with van der Waals surface area (Å²) in [6.07, 6.45) is 4.25. The van der Waals surface area contributed by atoms with Gasteiger partial charge >= 0.3 is 0 Å². The molecule has 2 aromatic carbocycles. The summed E-state index contributed by atoms with van der Waals surface area (Å²) in [4.78, 5) is 19.7. The topological polar surface area (TPSA) is 52.8 Å². The average molecular weight is 419 g/mol. The highest BCUT2D eigenvalue weighted by molar-refractivity contribution is 5.96. The second kappa shape index (κ2) is 8.81. The Morgan fingerprint density at radius 2 is 1.87 bits per heavy atom. The zero-order chi connectivity index (χ0) is 21.2. The van der Waals surface area contributed by atoms with Gasteiger partial charge in [0.2, 0.25) is 5.91 Å². The first kappa shape index (κ1) is 20.2. The molecule has 1 saturated heterocycles. The van der Waals surface area contributed by atoms with Crippen molar-refractivity contribution in [3.05, 3.63) is 59.8 Å². The van der Waals surface area contributed by atoms with E-state index in [1.807, 2.05) is 29.2 Å². The van der Waals surface area contributed by atoms with Gasteiger partial charge in [0.05, 0.1) is 6.54 Å². The Hall–Kier alpha value is -2.70. The highest BCUT2D eigenvalue weighted by Crippen LogP contribution is 2.27. The molecule has 0 spiro atoms. The maximum Gasteiger partial charge on any atom is 0.241 e. The number of fused-ring (bicyclic) bond motifs is 2. The number of likely N-dealkylation sites (tertiary alicyclic amines) is 1. The van der Waals surface area contributed by atoms with Crippen LogP contribution in [0.1, 0.15) is 30.5 Å². The van der Waals surface area contributed by atoms with Crippen LogP contribution in [0.2, 0.25) is 0 Å². The molecule has 31 heavy (non-hydrogen) atoms. The highest BCUT2D eigenvalue weighted by atomic mass is 16.5. The van der Waals surface area contributed by atoms with Crippen LogP contribution in [0.5, 0.6) is 0 Å². The molecule has 0 aliphatic carbocycles. The molecule has 0 bridgehead atoms. The fraction of sp³-hybridized carbons (Fsp3) is 0.440. The Morgan fingerprint density at radius 3 is 2.74 bits per heavy atom. The van der Waals surface area contributed by atoms with Crippen LogP contribution in [0.3, 0.4) is 0 Å². The number of carbonyl (C=O) groups is 1. The number of hydrogen-bond acceptors (Lipinski definition) is 5. The van der Waals surface area contributed by atoms with Crippen molar-refractivity contribution in [2.45, 2.75) is 38.3 Å². The smallest absolute Gasteiger partial charge is 0.241 e. The molecule has 1 amide bonds. The molecule has 0 N–H and O–H groups in total. The number of hydrogen-bond donors (Lipinski definition) is 0. The van der Waals surface area contributed by atoms with Crippen molar-refractivity contribution in [3.8, 4) is 0 Å². The molecule has 0 radical (unpaired) electrons. The summed E-state index contributed by atoms with van der Waals surface area (Å²) < 4.78 is 5.45. The zero-order valence-corrected chi connectivity index (χ0v) is 18.2. The normalized spacial score (nSPS) is 17.9. The number of benzene rings is 2. The SMILES string of the molecule is CN(Cc1noc2ccccc12)C1CCN(CC(=O)N2CCCc3ccccc32)CC1. The lowest BCUT2D eigenvalue weighted by atomic mass is 10.0. The van der Waals surface area contributed by atoms with Crippen LogP contribution >= 0.6 is 0 Å². The van der Waals surface area contributed by atoms with Gasteiger partial charge < -0.3 is 9.42 Å². The summed E-state index contributed by atoms with van der Waals surface area (Å²) in [6, 6.07) is 16.9. The molecular weight excluding hydrogens is 388 g/mol. The molecule has 5 rings (SSSR count). The van der Waals surface area contributed by atoms with E-state index in [1.54, 1.807) is 0 Å². The second-order valence-electron chi connectivity index (χ2n) is 8.83. The van der Waals surface area contributed by atoms with E-state index in [0.29, 0.717) is 12.6 Å². The number of anilines is 1. The van der Waals surface area contributed by atoms with Gasteiger partial charge in [-0.05, 0) is 56.5 Å². The van der Waals surface area contributed by atoms with E-state index in [2.05, 4.69) is 46.3 Å². The summed E-state index contributed by atoms with van der Waals surface area (Å²) in [6.45, 7) is 4.04. The predicted octanol–water partition coefficient (Wildman–Crippen LogP) is 3.70. The fourth-order valence-electron chi connectivity index (χ4n) is 5.01. The number of rotatable bonds is 5. The Bertz CT molecular complexity index is 1050. The van der Waals surface area contributed by atoms with Gasteiger partial charge in [-0.1, -0.05) is 35.5 Å². The van der Waals surface area contributed by atoms with Crippen LogP contribution < -0.4 is 4.90 Å². The summed E-state index contributed by atoms with van der Waals surface area (Å²) >= 11 is 0. The van der Waals surface area contributed by atoms with Crippen molar-refractivity contribution in [1.29, 1.82) is 0 Å². The van der Waals surface area contributed by atoms with Gasteiger partial charge in [0.15, 0.2) is 5.58 Å². The van der Waals surface area contributed by atoms with Crippen LogP contribution in [-0.2, 0) is 17.8 Å². The number of piperidine rings is 1. The maximum atomic E-state index is 13.0. The summed E-state index contributed by atoms with van der Waals surface area (Å²) in [5.41, 5.74) is 4.24. The number of nitrogens with zero attached hydrogens (tertiary/aromatic N) is 4. The lowest BCUT2D eigenvalue weighted by Crippen LogP contribution is -2.48. The second-order valence-corrected chi connectivity index (χ2v) is 8.83. The minimum Gasteiger partial charge on any atom is -0.356 e. The van der Waals surface area contributed by atoms with E-state index >= 15 is 0 Å². The van der Waals surface area contributed by atoms with Gasteiger partial charge in [-0.15, -0.1) is 0 Å². The predicted molar refractivity (Wildman–Crippen MR) is 122 cm³/mol. The fourth-order valence-corrected chi connectivity index (χ4v) is 5.01. The third kappa shape index (κ3) is 4.23. The van der Waals surface area contributed by atoms with Crippen molar-refractivity contribution in [2.24, 2.45) is 0 Å². The lowest BCUT2D eigenvalue weighted by Gasteiger charge is -2.37. The van der Waals surface area contributed by atoms with E-state index in [-0.39, 0.29) is 5.91 Å². The Morgan fingerprint density at radius 1 is 1.10 bits per heavy atom. The van der Waals surface area contributed by atoms with Gasteiger partial charge in [0, 0.05) is 43.3 Å². The molecular formula is C25H30N4O2. The Labute approximate surface area is 183 Å². The molecule has 162 valence electrons. The number of aromatic nitrogens is 1. The molecule has 0 atom stereocenters. The number of para-hydroxylation sites is 2. The monoisotopic (exact) mass is 418 g/mol. The molecule has 3 aromatic rings. The molecule has 2 aliphatic rings. The van der Waals surface area contributed by atoms with Crippen LogP contribution in [0.15, 0.2) is 53.1 Å². The highest BCUT2D eigenvalue weighted by Gasteiger charge is 2.28. The largest absolute Gasteiger partial charge is 0.356 e. The molecule has 2 aliphatic heterocycles. The first-order valence-corrected chi connectivity index (χ1v) is 11.3. The quantitative estimate of drug-likeness (QED) is 0.632. The van der Waals surface area contributed by atoms with Crippen LogP contribution in [0.25, 0.3) is 11.0 Å². The molecule has 6 heteroatoms. The lowest BCUT2D eigenvalue weighted by molar-refractivity contribution is -0.120. The summed E-state index contributed by atoms with van der Waals surface area (Å²) in [7, 11) is 2.17. The van der Waals surface area contributed by atoms with E-state index in [9.17, 15) is 4.79 Å². The van der Waals surface area contributed by atoms with Crippen molar-refractivity contribution < 1.29 is 9.32 Å². The van der Waals surface area contributed by atoms with Crippen molar-refractivity contribution in [1.82, 2.24) is 15.0 Å². The van der Waals surface area contributed by atoms with Crippen molar-refractivity contribution >= 4 is 22.6 Å². The average Bonchev–Trinajstić information content (AvgIpc) is 3.22. The van der Waals surface area contributed by atoms with Crippen molar-refractivity contribution in [2.75, 3.05) is 38.1 Å². The van der Waals surface area contributed by atoms with Crippen LogP contribution in [0, 0.1) is 0 Å². The minimum atomic E-state index is 0.230. The van der Waals surface area contributed by atoms with Gasteiger partial charge in [0.25, 0.3) is 0 Å². The minimum absolute atomic E-state index is 0.230. The van der Waals surface area contributed by atoms with Crippen molar-refractivity contribution in [3.63, 3.8) is 0 Å². The third-order valence-electron chi connectivity index (χ3n) is 6.80. The third-order valence-corrected chi connectivity index (χ3v) is 6.80. The van der Waals surface area contributed by atoms with Crippen LogP contribution in [0.4, 0.5) is 5.69 Å². The molecule has 1 fully saturated rings. The number of amides is 1. The first-order chi connectivity index (χ1) is 15.2. The molecule has 1 aromatic heterocycles. The molecule has 0 saturated carbocycles. The molecule has 3 heterocycles. The first-order valence-electron chi connectivity index (χ1n) is 11.3. The summed E-state index contributed by atoms with van der Waals surface area (Å²) in [5.74, 6) is 0.230. The Balaban J connectivity index is 1.15. The summed E-state index contributed by atoms with van der Waals surface area (Å²) in [5, 5.41) is 5.37. The van der Waals surface area contributed by atoms with E-state index in [0.717, 1.165) is 74.2 Å². The van der Waals surface area contributed by atoms with Gasteiger partial charge in [-0.3, -0.25) is 14.6 Å². The van der Waals surface area contributed by atoms with E-state index < -0.39 is 0 Å². The van der Waals surface area contributed by atoms with E-state index in [4.69, 9.17) is 4.52 Å². The zero-order valence-electron chi connectivity index (χ0n) is 18.2. The van der Waals surface area contributed by atoms with Gasteiger partial charge in [-0.25, -0.2) is 0 Å². The van der Waals surface area contributed by atoms with Gasteiger partial charge in [0.1, 0.15) is 5.69 Å². The standard InChI is InChI=1S/C25H30N4O2/c1-27(17-22-21-9-3-5-11-24(21)31-26-22)20-12-15-28(16-13-20)18-25(30)29-14-6-8-19-7-2-4-10-23(19)29/h2-5,7,9-11,20H,6,8,12-18H2,1H3. The maximum absolute atomic E-state index is 13.0. The molecule has 6 nitrogen and oxygen atoms in total.